The van der Waals surface area contributed by atoms with Crippen molar-refractivity contribution >= 4 is 10.9 Å². The Hall–Kier alpha value is -2.48. The minimum Gasteiger partial charge on any atom is -0.467 e. The second-order valence-corrected chi connectivity index (χ2v) is 6.87. The lowest BCUT2D eigenvalue weighted by Crippen LogP contribution is -2.36. The number of ether oxygens (including phenoxy) is 1. The normalized spacial score (nSPS) is 12.7. The van der Waals surface area contributed by atoms with E-state index < -0.39 is 6.10 Å². The zero-order chi connectivity index (χ0) is 19.8. The van der Waals surface area contributed by atoms with Crippen molar-refractivity contribution in [2.24, 2.45) is 0 Å². The van der Waals surface area contributed by atoms with Crippen LogP contribution in [0.4, 0.5) is 0 Å². The maximum atomic E-state index is 12.3. The number of nitrogens with zero attached hydrogens (tertiary/aromatic N) is 2. The molecule has 3 rings (SSSR count). The molecule has 0 unspecified atom stereocenters. The highest BCUT2D eigenvalue weighted by Crippen LogP contribution is 2.09. The maximum Gasteiger partial charge on any atom is 0.258 e. The molecule has 0 fully saturated rings. The molecule has 0 saturated carbocycles. The van der Waals surface area contributed by atoms with Crippen LogP contribution in [0.3, 0.4) is 0 Å². The first-order chi connectivity index (χ1) is 13.7. The molecule has 0 aliphatic heterocycles. The van der Waals surface area contributed by atoms with E-state index in [1.54, 1.807) is 18.4 Å². The van der Waals surface area contributed by atoms with Crippen molar-refractivity contribution in [3.63, 3.8) is 0 Å². The lowest BCUT2D eigenvalue weighted by Gasteiger charge is -2.24. The summed E-state index contributed by atoms with van der Waals surface area (Å²) >= 11 is 0. The summed E-state index contributed by atoms with van der Waals surface area (Å²) in [6.45, 7) is 4.38. The molecule has 1 atom stereocenters. The minimum absolute atomic E-state index is 0.140. The van der Waals surface area contributed by atoms with E-state index in [-0.39, 0.29) is 12.2 Å². The number of furan rings is 1. The summed E-state index contributed by atoms with van der Waals surface area (Å²) in [5.41, 5.74) is 0.539. The van der Waals surface area contributed by atoms with Crippen LogP contribution in [0, 0.1) is 0 Å². The van der Waals surface area contributed by atoms with Gasteiger partial charge in [0.15, 0.2) is 0 Å². The molecule has 0 radical (unpaired) electrons. The third kappa shape index (κ3) is 5.76. The monoisotopic (exact) mass is 385 g/mol. The van der Waals surface area contributed by atoms with Gasteiger partial charge in [-0.15, -0.1) is 0 Å². The van der Waals surface area contributed by atoms with Gasteiger partial charge in [-0.3, -0.25) is 9.69 Å². The van der Waals surface area contributed by atoms with Crippen LogP contribution in [0.2, 0.25) is 0 Å². The molecule has 7 nitrogen and oxygen atoms in total. The number of nitrogens with one attached hydrogen (secondary N) is 1. The van der Waals surface area contributed by atoms with Gasteiger partial charge >= 0.3 is 0 Å². The zero-order valence-electron chi connectivity index (χ0n) is 16.1. The largest absolute Gasteiger partial charge is 0.467 e. The molecule has 0 spiro atoms. The quantitative estimate of drug-likeness (QED) is 0.527. The Labute approximate surface area is 164 Å². The van der Waals surface area contributed by atoms with Gasteiger partial charge in [0, 0.05) is 6.54 Å². The first-order valence-corrected chi connectivity index (χ1v) is 9.64. The highest BCUT2D eigenvalue weighted by molar-refractivity contribution is 5.77. The number of benzene rings is 1. The van der Waals surface area contributed by atoms with Crippen LogP contribution in [0.25, 0.3) is 10.9 Å². The van der Waals surface area contributed by atoms with Crippen LogP contribution in [0.5, 0.6) is 0 Å². The number of rotatable bonds is 11. The SMILES string of the molecule is CCCCN(Cc1nc2ccccc2c(=O)[nH]1)C[C@@H](O)COCc1ccco1. The molecule has 0 bridgehead atoms. The lowest BCUT2D eigenvalue weighted by atomic mass is 10.2. The van der Waals surface area contributed by atoms with Gasteiger partial charge in [0.1, 0.15) is 18.2 Å². The van der Waals surface area contributed by atoms with Crippen LogP contribution >= 0.6 is 0 Å². The Morgan fingerprint density at radius 3 is 2.93 bits per heavy atom. The minimum atomic E-state index is -0.640. The van der Waals surface area contributed by atoms with Gasteiger partial charge in [0.2, 0.25) is 0 Å². The highest BCUT2D eigenvalue weighted by atomic mass is 16.5. The van der Waals surface area contributed by atoms with Gasteiger partial charge in [-0.2, -0.15) is 0 Å². The van der Waals surface area contributed by atoms with E-state index in [1.807, 2.05) is 24.3 Å². The zero-order valence-corrected chi connectivity index (χ0v) is 16.1. The van der Waals surface area contributed by atoms with Gasteiger partial charge in [-0.25, -0.2) is 4.98 Å². The number of fused-ring (bicyclic) bond motifs is 1. The summed E-state index contributed by atoms with van der Waals surface area (Å²) in [4.78, 5) is 21.8. The standard InChI is InChI=1S/C21H27N3O4/c1-2-3-10-24(12-16(25)14-27-15-17-7-6-11-28-17)13-20-22-19-9-5-4-8-18(19)21(26)23-20/h4-9,11,16,25H,2-3,10,12-15H2,1H3,(H,22,23,26)/t16-/m1/s1. The summed E-state index contributed by atoms with van der Waals surface area (Å²) in [6, 6.07) is 10.9. The van der Waals surface area contributed by atoms with Crippen molar-refractivity contribution in [2.45, 2.75) is 39.0 Å². The van der Waals surface area contributed by atoms with Gasteiger partial charge in [0.25, 0.3) is 5.56 Å². The Morgan fingerprint density at radius 2 is 2.14 bits per heavy atom. The number of para-hydroxylation sites is 1. The molecule has 1 aromatic carbocycles. The third-order valence-electron chi connectivity index (χ3n) is 4.47. The third-order valence-corrected chi connectivity index (χ3v) is 4.47. The molecule has 0 aliphatic carbocycles. The van der Waals surface area contributed by atoms with E-state index in [2.05, 4.69) is 21.8 Å². The maximum absolute atomic E-state index is 12.3. The summed E-state index contributed by atoms with van der Waals surface area (Å²) in [6.07, 6.45) is 3.00. The van der Waals surface area contributed by atoms with Crippen molar-refractivity contribution in [3.05, 3.63) is 64.6 Å². The van der Waals surface area contributed by atoms with Crippen LogP contribution < -0.4 is 5.56 Å². The smallest absolute Gasteiger partial charge is 0.258 e. The van der Waals surface area contributed by atoms with Crippen LogP contribution in [0.15, 0.2) is 51.9 Å². The fourth-order valence-corrected chi connectivity index (χ4v) is 3.08. The summed E-state index contributed by atoms with van der Waals surface area (Å²) in [5.74, 6) is 1.33. The van der Waals surface area contributed by atoms with E-state index in [4.69, 9.17) is 9.15 Å². The molecule has 2 aromatic heterocycles. The summed E-state index contributed by atoms with van der Waals surface area (Å²) < 4.78 is 10.7. The number of H-pyrrole nitrogens is 1. The number of hydrogen-bond acceptors (Lipinski definition) is 6. The number of hydrogen-bond donors (Lipinski definition) is 2. The van der Waals surface area contributed by atoms with Crippen LogP contribution in [0.1, 0.15) is 31.4 Å². The van der Waals surface area contributed by atoms with Gasteiger partial charge < -0.3 is 19.2 Å². The van der Waals surface area contributed by atoms with E-state index >= 15 is 0 Å². The number of unbranched alkanes of at least 4 members (excludes halogenated alkanes) is 1. The van der Waals surface area contributed by atoms with E-state index in [0.717, 1.165) is 25.1 Å². The molecule has 2 N–H and O–H groups in total. The molecular weight excluding hydrogens is 358 g/mol. The molecule has 150 valence electrons. The van der Waals surface area contributed by atoms with Crippen molar-refractivity contribution in [3.8, 4) is 0 Å². The average molecular weight is 385 g/mol. The average Bonchev–Trinajstić information content (AvgIpc) is 3.19. The second kappa shape index (κ2) is 10.2. The second-order valence-electron chi connectivity index (χ2n) is 6.87. The van der Waals surface area contributed by atoms with Crippen molar-refractivity contribution in [2.75, 3.05) is 19.7 Å². The molecule has 28 heavy (non-hydrogen) atoms. The Balaban J connectivity index is 1.60. The van der Waals surface area contributed by atoms with E-state index in [0.29, 0.717) is 36.4 Å². The fraction of sp³-hybridized carbons (Fsp3) is 0.429. The molecule has 0 amide bonds. The highest BCUT2D eigenvalue weighted by Gasteiger charge is 2.14. The predicted octanol–water partition coefficient (Wildman–Crippen LogP) is 2.70. The van der Waals surface area contributed by atoms with Crippen molar-refractivity contribution in [1.29, 1.82) is 0 Å². The van der Waals surface area contributed by atoms with E-state index in [1.165, 1.54) is 0 Å². The van der Waals surface area contributed by atoms with Crippen molar-refractivity contribution in [1.82, 2.24) is 14.9 Å². The van der Waals surface area contributed by atoms with Crippen molar-refractivity contribution < 1.29 is 14.3 Å². The lowest BCUT2D eigenvalue weighted by molar-refractivity contribution is 0.00333. The van der Waals surface area contributed by atoms with E-state index in [9.17, 15) is 9.90 Å². The molecule has 2 heterocycles. The molecule has 7 heteroatoms. The Morgan fingerprint density at radius 1 is 1.29 bits per heavy atom. The molecule has 3 aromatic rings. The first kappa shape index (κ1) is 20.3. The van der Waals surface area contributed by atoms with Crippen LogP contribution in [-0.4, -0.2) is 45.8 Å². The topological polar surface area (TPSA) is 91.6 Å². The number of aliphatic hydroxyl groups is 1. The van der Waals surface area contributed by atoms with Gasteiger partial charge in [0.05, 0.1) is 36.4 Å². The molecular formula is C21H27N3O4. The van der Waals surface area contributed by atoms with Crippen LogP contribution in [-0.2, 0) is 17.9 Å². The fourth-order valence-electron chi connectivity index (χ4n) is 3.08. The number of aliphatic hydroxyl groups excluding tert-OH is 1. The predicted molar refractivity (Wildman–Crippen MR) is 107 cm³/mol. The molecule has 0 aliphatic rings. The number of aromatic nitrogens is 2. The molecule has 0 saturated heterocycles. The van der Waals surface area contributed by atoms with Gasteiger partial charge in [-0.05, 0) is 37.2 Å². The Bertz CT molecular complexity index is 907. The Kier molecular flexibility index (Phi) is 7.36. The summed E-state index contributed by atoms with van der Waals surface area (Å²) in [7, 11) is 0. The first-order valence-electron chi connectivity index (χ1n) is 9.64. The van der Waals surface area contributed by atoms with Gasteiger partial charge in [-0.1, -0.05) is 25.5 Å². The summed E-state index contributed by atoms with van der Waals surface area (Å²) in [5, 5.41) is 10.9. The number of aromatic amines is 1.